The molecule has 1 heterocycles. The van der Waals surface area contributed by atoms with Crippen LogP contribution in [0.3, 0.4) is 0 Å². The number of aryl methyl sites for hydroxylation is 1. The maximum atomic E-state index is 5.78. The van der Waals surface area contributed by atoms with E-state index in [0.29, 0.717) is 11.9 Å². The molecule has 0 bridgehead atoms. The van der Waals surface area contributed by atoms with Gasteiger partial charge in [0.15, 0.2) is 0 Å². The van der Waals surface area contributed by atoms with Crippen molar-refractivity contribution in [2.75, 3.05) is 17.7 Å². The molecule has 4 nitrogen and oxygen atoms in total. The third-order valence-electron chi connectivity index (χ3n) is 2.95. The van der Waals surface area contributed by atoms with E-state index in [1.165, 1.54) is 0 Å². The zero-order valence-corrected chi connectivity index (χ0v) is 10.7. The lowest BCUT2D eigenvalue weighted by atomic mass is 10.1. The van der Waals surface area contributed by atoms with Crippen molar-refractivity contribution in [3.63, 3.8) is 0 Å². The van der Waals surface area contributed by atoms with Crippen LogP contribution in [0.4, 0.5) is 11.6 Å². The van der Waals surface area contributed by atoms with Crippen molar-refractivity contribution in [1.29, 1.82) is 0 Å². The van der Waals surface area contributed by atoms with Crippen LogP contribution in [0.2, 0.25) is 0 Å². The van der Waals surface area contributed by atoms with Gasteiger partial charge in [-0.15, -0.1) is 0 Å². The van der Waals surface area contributed by atoms with Crippen molar-refractivity contribution in [3.8, 4) is 0 Å². The molecule has 16 heavy (non-hydrogen) atoms. The molecule has 0 aliphatic rings. The second-order valence-corrected chi connectivity index (χ2v) is 4.00. The lowest BCUT2D eigenvalue weighted by Gasteiger charge is -2.27. The zero-order valence-electron chi connectivity index (χ0n) is 10.7. The smallest absolute Gasteiger partial charge is 0.134 e. The van der Waals surface area contributed by atoms with Crippen molar-refractivity contribution in [2.45, 2.75) is 46.1 Å². The van der Waals surface area contributed by atoms with Crippen LogP contribution in [0.5, 0.6) is 0 Å². The molecule has 0 aliphatic heterocycles. The highest BCUT2D eigenvalue weighted by molar-refractivity contribution is 5.47. The summed E-state index contributed by atoms with van der Waals surface area (Å²) in [6.07, 6.45) is 3.03. The highest BCUT2D eigenvalue weighted by Crippen LogP contribution is 2.18. The number of nitrogens with two attached hydrogens (primary N) is 1. The highest BCUT2D eigenvalue weighted by Gasteiger charge is 2.13. The minimum atomic E-state index is 0.513. The number of anilines is 2. The number of rotatable bonds is 5. The summed E-state index contributed by atoms with van der Waals surface area (Å²) in [5, 5.41) is 0. The van der Waals surface area contributed by atoms with Crippen LogP contribution in [-0.4, -0.2) is 23.1 Å². The summed E-state index contributed by atoms with van der Waals surface area (Å²) in [5.74, 6) is 2.30. The minimum Gasteiger partial charge on any atom is -0.384 e. The van der Waals surface area contributed by atoms with Crippen LogP contribution in [-0.2, 0) is 6.42 Å². The molecule has 0 saturated heterocycles. The van der Waals surface area contributed by atoms with Crippen LogP contribution in [0.1, 0.15) is 39.4 Å². The Bertz CT molecular complexity index is 334. The molecule has 4 heteroatoms. The van der Waals surface area contributed by atoms with E-state index in [-0.39, 0.29) is 0 Å². The number of hydrogen-bond donors (Lipinski definition) is 1. The Balaban J connectivity index is 2.97. The molecule has 0 spiro atoms. The summed E-state index contributed by atoms with van der Waals surface area (Å²) >= 11 is 0. The van der Waals surface area contributed by atoms with Gasteiger partial charge in [0.2, 0.25) is 0 Å². The average molecular weight is 222 g/mol. The Morgan fingerprint density at radius 1 is 1.25 bits per heavy atom. The van der Waals surface area contributed by atoms with Gasteiger partial charge in [-0.2, -0.15) is 0 Å². The van der Waals surface area contributed by atoms with Crippen molar-refractivity contribution in [1.82, 2.24) is 9.97 Å². The summed E-state index contributed by atoms with van der Waals surface area (Å²) in [6, 6.07) is 2.36. The largest absolute Gasteiger partial charge is 0.384 e. The number of aromatic nitrogens is 2. The van der Waals surface area contributed by atoms with Crippen LogP contribution < -0.4 is 10.6 Å². The molecular weight excluding hydrogens is 200 g/mol. The SMILES string of the molecule is CCc1nc(N)cc(N(C)C(CC)CC)n1. The van der Waals surface area contributed by atoms with E-state index in [9.17, 15) is 0 Å². The van der Waals surface area contributed by atoms with Crippen LogP contribution in [0, 0.1) is 0 Å². The van der Waals surface area contributed by atoms with E-state index < -0.39 is 0 Å². The Kier molecular flexibility index (Phi) is 4.52. The number of hydrogen-bond acceptors (Lipinski definition) is 4. The molecule has 0 amide bonds. The average Bonchev–Trinajstić information content (AvgIpc) is 2.29. The molecule has 0 aromatic carbocycles. The van der Waals surface area contributed by atoms with E-state index in [4.69, 9.17) is 5.73 Å². The maximum absolute atomic E-state index is 5.78. The first-order chi connectivity index (χ1) is 7.62. The van der Waals surface area contributed by atoms with Crippen LogP contribution in [0.15, 0.2) is 6.07 Å². The molecule has 0 atom stereocenters. The molecular formula is C12H22N4. The van der Waals surface area contributed by atoms with Gasteiger partial charge in [0, 0.05) is 25.6 Å². The Morgan fingerprint density at radius 3 is 2.38 bits per heavy atom. The summed E-state index contributed by atoms with van der Waals surface area (Å²) in [7, 11) is 2.07. The van der Waals surface area contributed by atoms with E-state index in [1.54, 1.807) is 0 Å². The number of nitrogens with zero attached hydrogens (tertiary/aromatic N) is 3. The molecule has 1 aromatic rings. The highest BCUT2D eigenvalue weighted by atomic mass is 15.2. The van der Waals surface area contributed by atoms with Gasteiger partial charge < -0.3 is 10.6 Å². The van der Waals surface area contributed by atoms with Crippen molar-refractivity contribution >= 4 is 11.6 Å². The van der Waals surface area contributed by atoms with Crippen molar-refractivity contribution in [2.24, 2.45) is 0 Å². The molecule has 2 N–H and O–H groups in total. The molecule has 90 valence electrons. The topological polar surface area (TPSA) is 55.0 Å². The summed E-state index contributed by atoms with van der Waals surface area (Å²) in [4.78, 5) is 10.9. The van der Waals surface area contributed by atoms with Crippen LogP contribution in [0.25, 0.3) is 0 Å². The molecule has 0 saturated carbocycles. The fourth-order valence-corrected chi connectivity index (χ4v) is 1.87. The lowest BCUT2D eigenvalue weighted by Crippen LogP contribution is -2.31. The quantitative estimate of drug-likeness (QED) is 0.830. The Labute approximate surface area is 97.9 Å². The third kappa shape index (κ3) is 2.84. The van der Waals surface area contributed by atoms with Gasteiger partial charge in [0.05, 0.1) is 0 Å². The van der Waals surface area contributed by atoms with Gasteiger partial charge in [-0.1, -0.05) is 20.8 Å². The van der Waals surface area contributed by atoms with Crippen molar-refractivity contribution < 1.29 is 0 Å². The van der Waals surface area contributed by atoms with E-state index in [1.807, 2.05) is 13.0 Å². The fraction of sp³-hybridized carbons (Fsp3) is 0.667. The van der Waals surface area contributed by atoms with Gasteiger partial charge in [0.1, 0.15) is 17.5 Å². The van der Waals surface area contributed by atoms with E-state index >= 15 is 0 Å². The zero-order chi connectivity index (χ0) is 12.1. The molecule has 0 aliphatic carbocycles. The Hall–Kier alpha value is -1.32. The minimum absolute atomic E-state index is 0.513. The normalized spacial score (nSPS) is 10.8. The van der Waals surface area contributed by atoms with Gasteiger partial charge in [-0.25, -0.2) is 9.97 Å². The molecule has 0 fully saturated rings. The van der Waals surface area contributed by atoms with Gasteiger partial charge in [0.25, 0.3) is 0 Å². The Morgan fingerprint density at radius 2 is 1.88 bits per heavy atom. The standard InChI is InChI=1S/C12H22N4/c1-5-9(6-2)16(4)12-8-10(13)14-11(7-3)15-12/h8-9H,5-7H2,1-4H3,(H2,13,14,15). The molecule has 0 radical (unpaired) electrons. The monoisotopic (exact) mass is 222 g/mol. The molecule has 0 unspecified atom stereocenters. The maximum Gasteiger partial charge on any atom is 0.134 e. The van der Waals surface area contributed by atoms with Crippen LogP contribution >= 0.6 is 0 Å². The first-order valence-corrected chi connectivity index (χ1v) is 5.98. The fourth-order valence-electron chi connectivity index (χ4n) is 1.87. The molecule has 1 rings (SSSR count). The summed E-state index contributed by atoms with van der Waals surface area (Å²) in [5.41, 5.74) is 5.78. The van der Waals surface area contributed by atoms with Gasteiger partial charge >= 0.3 is 0 Å². The third-order valence-corrected chi connectivity index (χ3v) is 2.95. The predicted octanol–water partition coefficient (Wildman–Crippen LogP) is 2.25. The van der Waals surface area contributed by atoms with Crippen molar-refractivity contribution in [3.05, 3.63) is 11.9 Å². The second kappa shape index (κ2) is 5.68. The van der Waals surface area contributed by atoms with E-state index in [0.717, 1.165) is 30.9 Å². The van der Waals surface area contributed by atoms with Gasteiger partial charge in [-0.05, 0) is 12.8 Å². The summed E-state index contributed by atoms with van der Waals surface area (Å²) in [6.45, 7) is 6.42. The lowest BCUT2D eigenvalue weighted by molar-refractivity contribution is 0.585. The molecule has 1 aromatic heterocycles. The second-order valence-electron chi connectivity index (χ2n) is 4.00. The first-order valence-electron chi connectivity index (χ1n) is 5.98. The van der Waals surface area contributed by atoms with Gasteiger partial charge in [-0.3, -0.25) is 0 Å². The van der Waals surface area contributed by atoms with E-state index in [2.05, 4.69) is 35.8 Å². The first kappa shape index (κ1) is 12.7. The number of nitrogen functional groups attached to an aromatic ring is 1. The summed E-state index contributed by atoms with van der Waals surface area (Å²) < 4.78 is 0. The predicted molar refractivity (Wildman–Crippen MR) is 68.6 cm³/mol.